The Hall–Kier alpha value is -4.43. The summed E-state index contributed by atoms with van der Waals surface area (Å²) in [7, 11) is 6.15. The first-order valence-electron chi connectivity index (χ1n) is 21.2. The van der Waals surface area contributed by atoms with Crippen LogP contribution in [0.2, 0.25) is 0 Å². The summed E-state index contributed by atoms with van der Waals surface area (Å²) < 4.78 is 23.9. The molecular formula is C46H58N4O9. The highest BCUT2D eigenvalue weighted by molar-refractivity contribution is 5.95. The molecule has 3 N–H and O–H groups in total. The number of esters is 3. The quantitative estimate of drug-likeness (QED) is 0.180. The first-order chi connectivity index (χ1) is 28.2. The van der Waals surface area contributed by atoms with Gasteiger partial charge in [-0.1, -0.05) is 44.2 Å². The van der Waals surface area contributed by atoms with Gasteiger partial charge in [-0.05, 0) is 74.2 Å². The largest absolute Gasteiger partial charge is 0.496 e. The fourth-order valence-electron chi connectivity index (χ4n) is 13.5. The number of anilines is 1. The number of nitrogens with zero attached hydrogens (tertiary/aromatic N) is 3. The monoisotopic (exact) mass is 810 g/mol. The minimum absolute atomic E-state index is 0.0986. The van der Waals surface area contributed by atoms with Crippen LogP contribution in [0.5, 0.6) is 5.75 Å². The van der Waals surface area contributed by atoms with E-state index in [-0.39, 0.29) is 12.0 Å². The number of rotatable bonds is 7. The van der Waals surface area contributed by atoms with Crippen molar-refractivity contribution in [3.8, 4) is 5.75 Å². The number of hydrogen-bond acceptors (Lipinski definition) is 12. The van der Waals surface area contributed by atoms with Crippen LogP contribution in [-0.2, 0) is 45.8 Å². The summed E-state index contributed by atoms with van der Waals surface area (Å²) in [6.45, 7) is 8.62. The van der Waals surface area contributed by atoms with Crippen LogP contribution in [0, 0.1) is 11.3 Å². The van der Waals surface area contributed by atoms with Gasteiger partial charge in [0, 0.05) is 90.9 Å². The number of methoxy groups -OCH3 is 3. The maximum Gasteiger partial charge on any atom is 0.344 e. The fourth-order valence-corrected chi connectivity index (χ4v) is 13.5. The molecule has 2 saturated heterocycles. The summed E-state index contributed by atoms with van der Waals surface area (Å²) in [6.07, 6.45) is 5.94. The van der Waals surface area contributed by atoms with E-state index in [1.807, 2.05) is 50.1 Å². The highest BCUT2D eigenvalue weighted by Gasteiger charge is 2.80. The zero-order valence-corrected chi connectivity index (χ0v) is 35.3. The van der Waals surface area contributed by atoms with Gasteiger partial charge >= 0.3 is 17.9 Å². The summed E-state index contributed by atoms with van der Waals surface area (Å²) in [5.41, 5.74) is -1.62. The van der Waals surface area contributed by atoms with Crippen molar-refractivity contribution in [2.45, 2.75) is 99.5 Å². The zero-order valence-electron chi connectivity index (χ0n) is 35.3. The van der Waals surface area contributed by atoms with E-state index in [0.29, 0.717) is 82.6 Å². The summed E-state index contributed by atoms with van der Waals surface area (Å²) >= 11 is 0. The summed E-state index contributed by atoms with van der Waals surface area (Å²) in [5, 5.41) is 26.3. The second-order valence-corrected chi connectivity index (χ2v) is 18.2. The maximum atomic E-state index is 15.3. The van der Waals surface area contributed by atoms with E-state index in [0.717, 1.165) is 33.4 Å². The molecule has 1 spiro atoms. The Balaban J connectivity index is 1.36. The number of fused-ring (bicyclic) bond motifs is 6. The molecular weight excluding hydrogens is 753 g/mol. The number of ether oxygens (including phenoxy) is 4. The van der Waals surface area contributed by atoms with Crippen molar-refractivity contribution in [1.29, 1.82) is 0 Å². The highest BCUT2D eigenvalue weighted by Crippen LogP contribution is 2.68. The Labute approximate surface area is 345 Å². The number of para-hydroxylation sites is 1. The zero-order chi connectivity index (χ0) is 41.9. The molecule has 1 aromatic heterocycles. The molecule has 6 aliphatic rings. The van der Waals surface area contributed by atoms with Crippen molar-refractivity contribution in [2.24, 2.45) is 11.3 Å². The summed E-state index contributed by atoms with van der Waals surface area (Å²) in [6, 6.07) is 11.0. The summed E-state index contributed by atoms with van der Waals surface area (Å²) in [4.78, 5) is 53.2. The van der Waals surface area contributed by atoms with Gasteiger partial charge in [-0.3, -0.25) is 19.4 Å². The molecule has 316 valence electrons. The van der Waals surface area contributed by atoms with Gasteiger partial charge in [0.2, 0.25) is 5.60 Å². The average Bonchev–Trinajstić information content (AvgIpc) is 3.90. The van der Waals surface area contributed by atoms with Crippen LogP contribution in [-0.4, -0.2) is 133 Å². The Morgan fingerprint density at radius 1 is 0.949 bits per heavy atom. The molecule has 3 aromatic rings. The fraction of sp³-hybridized carbons (Fsp3) is 0.587. The molecule has 4 unspecified atom stereocenters. The lowest BCUT2D eigenvalue weighted by atomic mass is 9.47. The van der Waals surface area contributed by atoms with Crippen molar-refractivity contribution >= 4 is 34.5 Å². The van der Waals surface area contributed by atoms with E-state index in [1.54, 1.807) is 7.11 Å². The molecule has 2 bridgehead atoms. The Morgan fingerprint density at radius 3 is 2.41 bits per heavy atom. The molecule has 0 amide bonds. The van der Waals surface area contributed by atoms with Gasteiger partial charge in [-0.25, -0.2) is 4.79 Å². The minimum Gasteiger partial charge on any atom is -0.496 e. The number of aromatic amines is 1. The number of H-pyrrole nitrogens is 1. The van der Waals surface area contributed by atoms with Crippen LogP contribution in [0.15, 0.2) is 48.6 Å². The molecule has 9 rings (SSSR count). The predicted molar refractivity (Wildman–Crippen MR) is 220 cm³/mol. The van der Waals surface area contributed by atoms with Gasteiger partial charge in [0.15, 0.2) is 6.10 Å². The third-order valence-electron chi connectivity index (χ3n) is 15.6. The number of benzene rings is 2. The molecule has 13 nitrogen and oxygen atoms in total. The SMILES string of the molecule is CC[C@]1(O)C[C@@H]2CN(CCc3c([nH]c4ccccc34)[C@@](C(=O)OC)(c3cc4c(cc3OC)N(C)[C@@H]3C45CCN4CC=C[C@](CC)(C45)[C@@H](OC(C)=O)C3(O)C(=O)OC)C2)C1. The van der Waals surface area contributed by atoms with E-state index in [2.05, 4.69) is 39.1 Å². The van der Waals surface area contributed by atoms with E-state index < -0.39 is 57.5 Å². The number of aliphatic hydroxyl groups is 2. The van der Waals surface area contributed by atoms with Crippen LogP contribution in [0.25, 0.3) is 10.9 Å². The molecule has 6 heterocycles. The number of carbonyl (C=O) groups excluding carboxylic acids is 3. The molecule has 3 fully saturated rings. The maximum absolute atomic E-state index is 15.3. The lowest BCUT2D eigenvalue weighted by molar-refractivity contribution is -0.228. The van der Waals surface area contributed by atoms with Gasteiger partial charge in [0.25, 0.3) is 0 Å². The normalized spacial score (nSPS) is 37.0. The van der Waals surface area contributed by atoms with Gasteiger partial charge in [0.05, 0.1) is 33.0 Å². The number of aromatic nitrogens is 1. The molecule has 0 radical (unpaired) electrons. The number of hydrogen-bond donors (Lipinski definition) is 3. The number of likely N-dealkylation sites (N-methyl/N-ethyl adjacent to an activating group) is 1. The molecule has 5 aliphatic heterocycles. The van der Waals surface area contributed by atoms with E-state index in [4.69, 9.17) is 18.9 Å². The number of piperidine rings is 1. The average molecular weight is 811 g/mol. The van der Waals surface area contributed by atoms with E-state index in [1.165, 1.54) is 21.1 Å². The van der Waals surface area contributed by atoms with Gasteiger partial charge in [-0.2, -0.15) is 0 Å². The van der Waals surface area contributed by atoms with Crippen LogP contribution in [0.4, 0.5) is 5.69 Å². The smallest absolute Gasteiger partial charge is 0.344 e. The molecule has 10 atom stereocenters. The van der Waals surface area contributed by atoms with Crippen LogP contribution >= 0.6 is 0 Å². The Morgan fingerprint density at radius 2 is 1.71 bits per heavy atom. The van der Waals surface area contributed by atoms with Crippen molar-refractivity contribution in [3.63, 3.8) is 0 Å². The first kappa shape index (κ1) is 40.0. The van der Waals surface area contributed by atoms with Crippen LogP contribution < -0.4 is 9.64 Å². The van der Waals surface area contributed by atoms with Gasteiger partial charge < -0.3 is 39.0 Å². The number of nitrogens with one attached hydrogen (secondary N) is 1. The second-order valence-electron chi connectivity index (χ2n) is 18.2. The minimum atomic E-state index is -2.30. The molecule has 1 aliphatic carbocycles. The second kappa shape index (κ2) is 13.8. The molecule has 13 heteroatoms. The third-order valence-corrected chi connectivity index (χ3v) is 15.6. The lowest BCUT2D eigenvalue weighted by Crippen LogP contribution is -2.81. The lowest BCUT2D eigenvalue weighted by Gasteiger charge is -2.63. The van der Waals surface area contributed by atoms with Crippen molar-refractivity contribution in [1.82, 2.24) is 14.8 Å². The topological polar surface area (TPSA) is 154 Å². The molecule has 59 heavy (non-hydrogen) atoms. The third kappa shape index (κ3) is 5.20. The van der Waals surface area contributed by atoms with Crippen molar-refractivity contribution in [2.75, 3.05) is 66.0 Å². The highest BCUT2D eigenvalue weighted by atomic mass is 16.6. The summed E-state index contributed by atoms with van der Waals surface area (Å²) in [5.74, 6) is -1.56. The van der Waals surface area contributed by atoms with Gasteiger partial charge in [0.1, 0.15) is 11.2 Å². The van der Waals surface area contributed by atoms with Crippen LogP contribution in [0.3, 0.4) is 0 Å². The first-order valence-corrected chi connectivity index (χ1v) is 21.2. The molecule has 1 saturated carbocycles. The Kier molecular flexibility index (Phi) is 9.36. The van der Waals surface area contributed by atoms with Crippen molar-refractivity contribution in [3.05, 3.63) is 70.9 Å². The van der Waals surface area contributed by atoms with Crippen molar-refractivity contribution < 1.29 is 43.5 Å². The Bertz CT molecular complexity index is 2260. The van der Waals surface area contributed by atoms with E-state index >= 15 is 4.79 Å². The molecule has 2 aromatic carbocycles. The predicted octanol–water partition coefficient (Wildman–Crippen LogP) is 3.99. The standard InChI is InChI=1S/C46H58N4O9/c1-8-42(54)23-28-24-45(40(52)57-6,36-30(15-19-49(25-28)26-42)29-13-10-11-14-33(29)47-36)32-21-31-34(22-35(32)56-5)48(4)38-44(31)17-20-50-18-12-16-43(9-2,37(44)50)39(59-27(3)51)46(38,55)41(53)58-7/h10-14,16,21-22,28,37-39,47,54-55H,8-9,15,17-20,23-26H2,1-7H3/t28-,37?,38+,39+,42-,43+,44?,45-,46?/m0/s1. The number of carbonyl (C=O) groups is 3. The van der Waals surface area contributed by atoms with E-state index in [9.17, 15) is 19.8 Å². The van der Waals surface area contributed by atoms with Gasteiger partial charge in [-0.15, -0.1) is 0 Å². The van der Waals surface area contributed by atoms with Crippen LogP contribution in [0.1, 0.15) is 75.3 Å².